The molecule has 0 fully saturated rings. The van der Waals surface area contributed by atoms with Crippen LogP contribution in [0, 0.1) is 13.8 Å². The minimum Gasteiger partial charge on any atom is -0.493 e. The van der Waals surface area contributed by atoms with Crippen molar-refractivity contribution in [2.24, 2.45) is 0 Å². The van der Waals surface area contributed by atoms with Crippen LogP contribution in [0.5, 0.6) is 34.5 Å². The molecule has 166 valence electrons. The SMILES string of the molecule is COCOc1cc(C)c(OC)c(OC)c1-c1c(OCOC)cc(C)c(OC)c1OC. The normalized spacial score (nSPS) is 10.5. The second-order valence-electron chi connectivity index (χ2n) is 6.37. The van der Waals surface area contributed by atoms with Crippen molar-refractivity contribution in [2.45, 2.75) is 13.8 Å². The standard InChI is InChI=1S/C22H30O8/c1-13-9-15(29-11-23-3)17(21(27-7)19(13)25-5)18-16(30-12-24-4)10-14(2)20(26-6)22(18)28-8/h9-10H,11-12H2,1-8H3. The van der Waals surface area contributed by atoms with Gasteiger partial charge in [-0.1, -0.05) is 0 Å². The molecule has 0 aliphatic heterocycles. The van der Waals surface area contributed by atoms with E-state index >= 15 is 0 Å². The molecule has 0 N–H and O–H groups in total. The maximum absolute atomic E-state index is 5.89. The molecule has 0 amide bonds. The summed E-state index contributed by atoms with van der Waals surface area (Å²) in [5.41, 5.74) is 2.83. The molecule has 0 aliphatic carbocycles. The number of aryl methyl sites for hydroxylation is 2. The molecule has 2 aromatic rings. The molecular formula is C22H30O8. The quantitative estimate of drug-likeness (QED) is 0.504. The Morgan fingerprint density at radius 3 is 1.13 bits per heavy atom. The lowest BCUT2D eigenvalue weighted by Crippen LogP contribution is -2.07. The summed E-state index contributed by atoms with van der Waals surface area (Å²) < 4.78 is 44.8. The average Bonchev–Trinajstić information content (AvgIpc) is 2.75. The van der Waals surface area contributed by atoms with Gasteiger partial charge < -0.3 is 37.9 Å². The van der Waals surface area contributed by atoms with E-state index in [1.165, 1.54) is 0 Å². The topological polar surface area (TPSA) is 73.8 Å². The Kier molecular flexibility index (Phi) is 8.44. The summed E-state index contributed by atoms with van der Waals surface area (Å²) in [4.78, 5) is 0. The Bertz CT molecular complexity index is 792. The molecule has 0 saturated carbocycles. The van der Waals surface area contributed by atoms with Crippen LogP contribution in [0.2, 0.25) is 0 Å². The van der Waals surface area contributed by atoms with Crippen LogP contribution in [-0.2, 0) is 9.47 Å². The summed E-state index contributed by atoms with van der Waals surface area (Å²) in [6.07, 6.45) is 0. The first kappa shape index (κ1) is 23.4. The molecular weight excluding hydrogens is 392 g/mol. The first-order chi connectivity index (χ1) is 14.5. The highest BCUT2D eigenvalue weighted by atomic mass is 16.7. The Balaban J connectivity index is 2.98. The molecule has 0 saturated heterocycles. The van der Waals surface area contributed by atoms with Gasteiger partial charge in [0.1, 0.15) is 11.5 Å². The Hall–Kier alpha value is -2.84. The highest BCUT2D eigenvalue weighted by Crippen LogP contribution is 2.55. The van der Waals surface area contributed by atoms with Gasteiger partial charge in [0.25, 0.3) is 0 Å². The zero-order valence-corrected chi connectivity index (χ0v) is 18.8. The summed E-state index contributed by atoms with van der Waals surface area (Å²) in [5.74, 6) is 3.09. The number of benzene rings is 2. The van der Waals surface area contributed by atoms with Gasteiger partial charge in [0.15, 0.2) is 36.6 Å². The molecule has 0 heterocycles. The smallest absolute Gasteiger partial charge is 0.188 e. The van der Waals surface area contributed by atoms with Gasteiger partial charge in [-0.2, -0.15) is 0 Å². The monoisotopic (exact) mass is 422 g/mol. The zero-order valence-electron chi connectivity index (χ0n) is 18.8. The minimum absolute atomic E-state index is 0.0432. The van der Waals surface area contributed by atoms with Crippen molar-refractivity contribution < 1.29 is 37.9 Å². The van der Waals surface area contributed by atoms with Crippen LogP contribution in [0.3, 0.4) is 0 Å². The van der Waals surface area contributed by atoms with Gasteiger partial charge in [0, 0.05) is 14.2 Å². The van der Waals surface area contributed by atoms with Gasteiger partial charge in [-0.05, 0) is 37.1 Å². The van der Waals surface area contributed by atoms with E-state index in [0.717, 1.165) is 11.1 Å². The molecule has 0 radical (unpaired) electrons. The summed E-state index contributed by atoms with van der Waals surface area (Å²) in [6.45, 7) is 3.89. The minimum atomic E-state index is 0.0432. The molecule has 0 aliphatic rings. The molecule has 0 aromatic heterocycles. The predicted octanol–water partition coefficient (Wildman–Crippen LogP) is 3.97. The molecule has 8 nitrogen and oxygen atoms in total. The van der Waals surface area contributed by atoms with Gasteiger partial charge in [-0.15, -0.1) is 0 Å². The zero-order chi connectivity index (χ0) is 22.3. The molecule has 8 heteroatoms. The summed E-state index contributed by atoms with van der Waals surface area (Å²) in [5, 5.41) is 0. The molecule has 0 spiro atoms. The summed E-state index contributed by atoms with van der Waals surface area (Å²) >= 11 is 0. The third kappa shape index (κ3) is 4.49. The van der Waals surface area contributed by atoms with E-state index in [2.05, 4.69) is 0 Å². The van der Waals surface area contributed by atoms with E-state index in [4.69, 9.17) is 37.9 Å². The number of ether oxygens (including phenoxy) is 8. The molecule has 2 aromatic carbocycles. The van der Waals surface area contributed by atoms with E-state index in [-0.39, 0.29) is 13.6 Å². The van der Waals surface area contributed by atoms with E-state index < -0.39 is 0 Å². The van der Waals surface area contributed by atoms with Crippen LogP contribution in [-0.4, -0.2) is 56.2 Å². The third-order valence-corrected chi connectivity index (χ3v) is 4.50. The van der Waals surface area contributed by atoms with E-state index in [1.807, 2.05) is 26.0 Å². The average molecular weight is 422 g/mol. The fourth-order valence-electron chi connectivity index (χ4n) is 3.32. The van der Waals surface area contributed by atoms with Gasteiger partial charge in [0.2, 0.25) is 0 Å². The lowest BCUT2D eigenvalue weighted by molar-refractivity contribution is 0.0497. The maximum atomic E-state index is 5.89. The third-order valence-electron chi connectivity index (χ3n) is 4.50. The van der Waals surface area contributed by atoms with Crippen molar-refractivity contribution in [3.8, 4) is 45.6 Å². The van der Waals surface area contributed by atoms with Crippen LogP contribution >= 0.6 is 0 Å². The van der Waals surface area contributed by atoms with Crippen molar-refractivity contribution in [3.63, 3.8) is 0 Å². The van der Waals surface area contributed by atoms with Crippen molar-refractivity contribution in [1.82, 2.24) is 0 Å². The second-order valence-corrected chi connectivity index (χ2v) is 6.37. The first-order valence-corrected chi connectivity index (χ1v) is 9.23. The molecule has 30 heavy (non-hydrogen) atoms. The molecule has 0 bridgehead atoms. The van der Waals surface area contributed by atoms with Crippen molar-refractivity contribution in [1.29, 1.82) is 0 Å². The predicted molar refractivity (Wildman–Crippen MR) is 113 cm³/mol. The fraction of sp³-hybridized carbons (Fsp3) is 0.455. The van der Waals surface area contributed by atoms with Gasteiger partial charge >= 0.3 is 0 Å². The van der Waals surface area contributed by atoms with E-state index in [9.17, 15) is 0 Å². The summed E-state index contributed by atoms with van der Waals surface area (Å²) in [7, 11) is 9.40. The van der Waals surface area contributed by atoms with Crippen LogP contribution in [0.4, 0.5) is 0 Å². The second kappa shape index (κ2) is 10.8. The van der Waals surface area contributed by atoms with E-state index in [1.54, 1.807) is 42.7 Å². The molecule has 0 atom stereocenters. The lowest BCUT2D eigenvalue weighted by Gasteiger charge is -2.24. The largest absolute Gasteiger partial charge is 0.493 e. The molecule has 0 unspecified atom stereocenters. The van der Waals surface area contributed by atoms with Crippen molar-refractivity contribution in [3.05, 3.63) is 23.3 Å². The number of hydrogen-bond acceptors (Lipinski definition) is 8. The number of hydrogen-bond donors (Lipinski definition) is 0. The van der Waals surface area contributed by atoms with Crippen LogP contribution in [0.1, 0.15) is 11.1 Å². The number of methoxy groups -OCH3 is 6. The highest BCUT2D eigenvalue weighted by Gasteiger charge is 2.29. The van der Waals surface area contributed by atoms with Crippen molar-refractivity contribution in [2.75, 3.05) is 56.2 Å². The first-order valence-electron chi connectivity index (χ1n) is 9.23. The van der Waals surface area contributed by atoms with Crippen LogP contribution in [0.25, 0.3) is 11.1 Å². The van der Waals surface area contributed by atoms with Gasteiger partial charge in [-0.3, -0.25) is 0 Å². The van der Waals surface area contributed by atoms with Gasteiger partial charge in [-0.25, -0.2) is 0 Å². The molecule has 2 rings (SSSR count). The summed E-state index contributed by atoms with van der Waals surface area (Å²) in [6, 6.07) is 3.70. The van der Waals surface area contributed by atoms with Crippen LogP contribution in [0.15, 0.2) is 12.1 Å². The van der Waals surface area contributed by atoms with Crippen LogP contribution < -0.4 is 28.4 Å². The Labute approximate surface area is 177 Å². The van der Waals surface area contributed by atoms with Crippen molar-refractivity contribution >= 4 is 0 Å². The number of rotatable bonds is 11. The van der Waals surface area contributed by atoms with E-state index in [0.29, 0.717) is 45.6 Å². The van der Waals surface area contributed by atoms with Gasteiger partial charge in [0.05, 0.1) is 39.6 Å². The lowest BCUT2D eigenvalue weighted by atomic mass is 9.96. The Morgan fingerprint density at radius 2 is 0.867 bits per heavy atom. The maximum Gasteiger partial charge on any atom is 0.188 e. The fourth-order valence-corrected chi connectivity index (χ4v) is 3.32. The Morgan fingerprint density at radius 1 is 0.533 bits per heavy atom. The highest BCUT2D eigenvalue weighted by molar-refractivity contribution is 5.90.